The van der Waals surface area contributed by atoms with Crippen molar-refractivity contribution in [1.29, 1.82) is 0 Å². The molecule has 82 valence electrons. The molecule has 0 atom stereocenters. The third-order valence-electron chi connectivity index (χ3n) is 0.950. The van der Waals surface area contributed by atoms with Crippen molar-refractivity contribution >= 4 is 5.97 Å². The highest BCUT2D eigenvalue weighted by Gasteiger charge is 1.87. The Labute approximate surface area is 84.8 Å². The van der Waals surface area contributed by atoms with E-state index in [0.29, 0.717) is 13.2 Å². The van der Waals surface area contributed by atoms with Crippen molar-refractivity contribution in [3.63, 3.8) is 0 Å². The van der Waals surface area contributed by atoms with Gasteiger partial charge >= 0.3 is 5.97 Å². The van der Waals surface area contributed by atoms with Crippen LogP contribution in [0.1, 0.15) is 6.92 Å². The number of ether oxygens (including phenoxy) is 2. The topological polar surface area (TPSA) is 55.8 Å². The first-order chi connectivity index (χ1) is 6.72. The van der Waals surface area contributed by atoms with Gasteiger partial charge in [-0.2, -0.15) is 0 Å². The Bertz CT molecular complexity index is 150. The molecule has 4 heteroatoms. The van der Waals surface area contributed by atoms with E-state index in [4.69, 9.17) is 9.84 Å². The first-order valence-corrected chi connectivity index (χ1v) is 4.31. The van der Waals surface area contributed by atoms with Gasteiger partial charge < -0.3 is 14.6 Å². The van der Waals surface area contributed by atoms with E-state index in [1.807, 2.05) is 6.92 Å². The number of aliphatic hydroxyl groups excluding tert-OH is 1. The summed E-state index contributed by atoms with van der Waals surface area (Å²) in [5.41, 5.74) is 0. The lowest BCUT2D eigenvalue weighted by molar-refractivity contribution is -0.136. The van der Waals surface area contributed by atoms with Crippen LogP contribution in [0, 0.1) is 0 Å². The molecule has 0 radical (unpaired) electrons. The predicted molar refractivity (Wildman–Crippen MR) is 54.9 cm³/mol. The summed E-state index contributed by atoms with van der Waals surface area (Å²) in [6.07, 6.45) is 2.62. The fraction of sp³-hybridized carbons (Fsp3) is 0.500. The van der Waals surface area contributed by atoms with Gasteiger partial charge in [0.05, 0.1) is 13.2 Å². The minimum atomic E-state index is -0.412. The molecule has 14 heavy (non-hydrogen) atoms. The van der Waals surface area contributed by atoms with Crippen LogP contribution in [0.15, 0.2) is 25.3 Å². The van der Waals surface area contributed by atoms with E-state index in [1.54, 1.807) is 0 Å². The summed E-state index contributed by atoms with van der Waals surface area (Å²) in [4.78, 5) is 10.2. The van der Waals surface area contributed by atoms with Crippen molar-refractivity contribution in [2.24, 2.45) is 0 Å². The molecule has 0 spiro atoms. The maximum atomic E-state index is 10.2. The van der Waals surface area contributed by atoms with E-state index in [2.05, 4.69) is 17.9 Å². The average Bonchev–Trinajstić information content (AvgIpc) is 2.23. The van der Waals surface area contributed by atoms with Crippen molar-refractivity contribution in [3.8, 4) is 0 Å². The first-order valence-electron chi connectivity index (χ1n) is 4.31. The number of hydrogen-bond donors (Lipinski definition) is 1. The zero-order valence-corrected chi connectivity index (χ0v) is 8.57. The van der Waals surface area contributed by atoms with Gasteiger partial charge in [0.2, 0.25) is 0 Å². The Balaban J connectivity index is 0. The molecule has 0 aliphatic rings. The molecule has 0 heterocycles. The highest BCUT2D eigenvalue weighted by molar-refractivity contribution is 5.81. The zero-order chi connectivity index (χ0) is 11.2. The van der Waals surface area contributed by atoms with Crippen molar-refractivity contribution in [2.75, 3.05) is 26.4 Å². The van der Waals surface area contributed by atoms with Crippen LogP contribution in [-0.4, -0.2) is 37.5 Å². The van der Waals surface area contributed by atoms with Gasteiger partial charge in [-0.3, -0.25) is 0 Å². The maximum absolute atomic E-state index is 10.2. The summed E-state index contributed by atoms with van der Waals surface area (Å²) in [5.74, 6) is -0.412. The Morgan fingerprint density at radius 2 is 2.14 bits per heavy atom. The number of esters is 1. The van der Waals surface area contributed by atoms with Crippen LogP contribution in [0.2, 0.25) is 0 Å². The van der Waals surface area contributed by atoms with Crippen LogP contribution in [0.4, 0.5) is 0 Å². The van der Waals surface area contributed by atoms with E-state index in [0.717, 1.165) is 6.08 Å². The normalized spacial score (nSPS) is 8.14. The highest BCUT2D eigenvalue weighted by Crippen LogP contribution is 1.77. The largest absolute Gasteiger partial charge is 0.458 e. The number of rotatable bonds is 6. The molecule has 0 saturated heterocycles. The molecule has 0 rings (SSSR count). The van der Waals surface area contributed by atoms with Crippen molar-refractivity contribution in [3.05, 3.63) is 25.3 Å². The van der Waals surface area contributed by atoms with Gasteiger partial charge in [-0.05, 0) is 6.92 Å². The van der Waals surface area contributed by atoms with Crippen LogP contribution in [0.3, 0.4) is 0 Å². The van der Waals surface area contributed by atoms with Gasteiger partial charge in [-0.1, -0.05) is 19.2 Å². The molecular weight excluding hydrogens is 184 g/mol. The second-order valence-electron chi connectivity index (χ2n) is 2.04. The summed E-state index contributed by atoms with van der Waals surface area (Å²) in [7, 11) is 0. The average molecular weight is 202 g/mol. The molecule has 0 fully saturated rings. The van der Waals surface area contributed by atoms with Gasteiger partial charge in [0, 0.05) is 12.7 Å². The monoisotopic (exact) mass is 202 g/mol. The molecule has 0 aromatic rings. The van der Waals surface area contributed by atoms with Crippen molar-refractivity contribution < 1.29 is 19.4 Å². The van der Waals surface area contributed by atoms with E-state index in [9.17, 15) is 4.79 Å². The molecule has 0 saturated carbocycles. The lowest BCUT2D eigenvalue weighted by Gasteiger charge is -1.92. The molecule has 0 aromatic carbocycles. The Hall–Kier alpha value is -1.13. The van der Waals surface area contributed by atoms with E-state index in [1.165, 1.54) is 6.08 Å². The standard InChI is InChI=1S/C6H8O2.C4H10O2/c1-3-5-8-6(7)4-2;1-2-6-4-3-5/h3-4H,1-2,5H2;5H,2-4H2,1H3. The van der Waals surface area contributed by atoms with Gasteiger partial charge in [0.25, 0.3) is 0 Å². The number of hydrogen-bond acceptors (Lipinski definition) is 4. The summed E-state index contributed by atoms with van der Waals surface area (Å²) < 4.78 is 9.20. The summed E-state index contributed by atoms with van der Waals surface area (Å²) in [6.45, 7) is 10.0. The molecule has 0 aliphatic heterocycles. The van der Waals surface area contributed by atoms with Crippen LogP contribution < -0.4 is 0 Å². The zero-order valence-electron chi connectivity index (χ0n) is 8.57. The van der Waals surface area contributed by atoms with Crippen LogP contribution in [-0.2, 0) is 14.3 Å². The molecule has 0 amide bonds. The molecule has 1 N–H and O–H groups in total. The lowest BCUT2D eigenvalue weighted by Crippen LogP contribution is -1.98. The van der Waals surface area contributed by atoms with Crippen LogP contribution in [0.25, 0.3) is 0 Å². The molecule has 0 bridgehead atoms. The van der Waals surface area contributed by atoms with Gasteiger partial charge in [0.15, 0.2) is 0 Å². The molecule has 0 aromatic heterocycles. The highest BCUT2D eigenvalue weighted by atomic mass is 16.5. The van der Waals surface area contributed by atoms with Crippen LogP contribution in [0.5, 0.6) is 0 Å². The second-order valence-corrected chi connectivity index (χ2v) is 2.04. The molecule has 0 aliphatic carbocycles. The Morgan fingerprint density at radius 3 is 2.43 bits per heavy atom. The lowest BCUT2D eigenvalue weighted by atomic mass is 10.6. The fourth-order valence-electron chi connectivity index (χ4n) is 0.409. The van der Waals surface area contributed by atoms with Crippen LogP contribution >= 0.6 is 0 Å². The minimum absolute atomic E-state index is 0.133. The number of carbonyl (C=O) groups excluding carboxylic acids is 1. The second kappa shape index (κ2) is 14.4. The SMILES string of the molecule is C=CCOC(=O)C=C.CCOCCO. The van der Waals surface area contributed by atoms with E-state index < -0.39 is 5.97 Å². The molecular formula is C10H18O4. The summed E-state index contributed by atoms with van der Waals surface area (Å²) >= 11 is 0. The van der Waals surface area contributed by atoms with Crippen molar-refractivity contribution in [1.82, 2.24) is 0 Å². The third-order valence-corrected chi connectivity index (χ3v) is 0.950. The number of aliphatic hydroxyl groups is 1. The maximum Gasteiger partial charge on any atom is 0.330 e. The Morgan fingerprint density at radius 1 is 1.50 bits per heavy atom. The fourth-order valence-corrected chi connectivity index (χ4v) is 0.409. The summed E-state index contributed by atoms with van der Waals surface area (Å²) in [6, 6.07) is 0. The van der Waals surface area contributed by atoms with E-state index >= 15 is 0 Å². The van der Waals surface area contributed by atoms with Gasteiger partial charge in [0.1, 0.15) is 6.61 Å². The third kappa shape index (κ3) is 17.1. The smallest absolute Gasteiger partial charge is 0.330 e. The van der Waals surface area contributed by atoms with Gasteiger partial charge in [-0.15, -0.1) is 0 Å². The predicted octanol–water partition coefficient (Wildman–Crippen LogP) is 0.917. The molecule has 0 unspecified atom stereocenters. The van der Waals surface area contributed by atoms with E-state index in [-0.39, 0.29) is 13.2 Å². The molecule has 4 nitrogen and oxygen atoms in total. The Kier molecular flexibility index (Phi) is 15.8. The summed E-state index contributed by atoms with van der Waals surface area (Å²) in [5, 5.41) is 8.07. The van der Waals surface area contributed by atoms with Gasteiger partial charge in [-0.25, -0.2) is 4.79 Å². The quantitative estimate of drug-likeness (QED) is 0.301. The number of carbonyl (C=O) groups is 1. The van der Waals surface area contributed by atoms with Crippen molar-refractivity contribution in [2.45, 2.75) is 6.92 Å². The minimum Gasteiger partial charge on any atom is -0.458 e. The first kappa shape index (κ1) is 15.3.